The van der Waals surface area contributed by atoms with Crippen molar-refractivity contribution in [2.24, 2.45) is 0 Å². The number of fused-ring (bicyclic) bond motifs is 1. The fourth-order valence-corrected chi connectivity index (χ4v) is 3.61. The third kappa shape index (κ3) is 5.24. The molecule has 30 heavy (non-hydrogen) atoms. The summed E-state index contributed by atoms with van der Waals surface area (Å²) in [6.45, 7) is 9.86. The Morgan fingerprint density at radius 3 is 2.67 bits per heavy atom. The minimum atomic E-state index is -1.42. The first-order valence-electron chi connectivity index (χ1n) is 9.72. The Labute approximate surface area is 179 Å². The summed E-state index contributed by atoms with van der Waals surface area (Å²) >= 11 is 6.06. The van der Waals surface area contributed by atoms with Crippen LogP contribution in [-0.2, 0) is 18.9 Å². The maximum Gasteiger partial charge on any atom is 0.168 e. The van der Waals surface area contributed by atoms with Gasteiger partial charge in [-0.3, -0.25) is 4.57 Å². The molecule has 2 aromatic rings. The molecule has 1 unspecified atom stereocenters. The van der Waals surface area contributed by atoms with Gasteiger partial charge in [-0.2, -0.15) is 0 Å². The number of ether oxygens (including phenoxy) is 4. The average molecular weight is 447 g/mol. The number of hydrogen-bond donors (Lipinski definition) is 1. The van der Waals surface area contributed by atoms with Crippen molar-refractivity contribution in [2.75, 3.05) is 6.61 Å². The SMILES string of the molecule is C[C@@H](F)[C@@H](OC1COC(C)(C)O[C@H]1[C@@H](C)OC(C)(C)O)n1cnc2c(Cl)ncnc21. The molecule has 0 aliphatic carbocycles. The van der Waals surface area contributed by atoms with E-state index in [2.05, 4.69) is 15.0 Å². The van der Waals surface area contributed by atoms with Crippen LogP contribution < -0.4 is 0 Å². The third-order valence-corrected chi connectivity index (χ3v) is 4.89. The summed E-state index contributed by atoms with van der Waals surface area (Å²) < 4.78 is 39.7. The molecule has 0 aromatic carbocycles. The van der Waals surface area contributed by atoms with E-state index >= 15 is 0 Å². The van der Waals surface area contributed by atoms with Crippen LogP contribution in [0.5, 0.6) is 0 Å². The number of hydrogen-bond acceptors (Lipinski definition) is 8. The highest BCUT2D eigenvalue weighted by Crippen LogP contribution is 2.32. The molecule has 0 saturated carbocycles. The van der Waals surface area contributed by atoms with E-state index < -0.39 is 42.3 Å². The summed E-state index contributed by atoms with van der Waals surface area (Å²) in [6.07, 6.45) is -1.69. The highest BCUT2D eigenvalue weighted by Gasteiger charge is 2.43. The van der Waals surface area contributed by atoms with Crippen molar-refractivity contribution < 1.29 is 28.4 Å². The first-order chi connectivity index (χ1) is 13.9. The number of nitrogens with zero attached hydrogens (tertiary/aromatic N) is 4. The summed E-state index contributed by atoms with van der Waals surface area (Å²) in [5.74, 6) is -2.27. The van der Waals surface area contributed by atoms with Gasteiger partial charge in [0.2, 0.25) is 0 Å². The van der Waals surface area contributed by atoms with Gasteiger partial charge in [-0.15, -0.1) is 0 Å². The van der Waals surface area contributed by atoms with Gasteiger partial charge in [-0.1, -0.05) is 11.6 Å². The predicted octanol–water partition coefficient (Wildman–Crippen LogP) is 3.01. The molecule has 9 nitrogen and oxygen atoms in total. The van der Waals surface area contributed by atoms with E-state index in [9.17, 15) is 9.50 Å². The molecule has 168 valence electrons. The lowest BCUT2D eigenvalue weighted by molar-refractivity contribution is -0.348. The molecule has 0 amide bonds. The molecule has 0 bridgehead atoms. The predicted molar refractivity (Wildman–Crippen MR) is 107 cm³/mol. The number of imidazole rings is 1. The molecule has 1 saturated heterocycles. The monoisotopic (exact) mass is 446 g/mol. The normalized spacial score (nSPS) is 25.2. The minimum Gasteiger partial charge on any atom is -0.366 e. The zero-order valence-corrected chi connectivity index (χ0v) is 18.6. The highest BCUT2D eigenvalue weighted by molar-refractivity contribution is 6.33. The van der Waals surface area contributed by atoms with Crippen molar-refractivity contribution in [1.82, 2.24) is 19.5 Å². The smallest absolute Gasteiger partial charge is 0.168 e. The Bertz CT molecular complexity index is 872. The van der Waals surface area contributed by atoms with Gasteiger partial charge >= 0.3 is 0 Å². The number of halogens is 2. The van der Waals surface area contributed by atoms with Gasteiger partial charge in [0.25, 0.3) is 0 Å². The molecule has 3 rings (SSSR count). The standard InChI is InChI=1S/C19H28ClFN4O5/c1-10(21)17(25-9-24-13-15(20)22-8-23-16(13)25)28-12-7-27-19(5,6)30-14(12)11(2)29-18(3,4)26/h8-12,14,17,26H,7H2,1-6H3/t10-,11-,12?,14+,17-/m1/s1. The van der Waals surface area contributed by atoms with Crippen molar-refractivity contribution in [3.8, 4) is 0 Å². The first-order valence-corrected chi connectivity index (χ1v) is 10.1. The minimum absolute atomic E-state index is 0.142. The van der Waals surface area contributed by atoms with Crippen molar-refractivity contribution in [3.05, 3.63) is 17.8 Å². The van der Waals surface area contributed by atoms with Gasteiger partial charge in [0, 0.05) is 0 Å². The molecule has 0 spiro atoms. The van der Waals surface area contributed by atoms with Gasteiger partial charge in [-0.05, 0) is 41.5 Å². The van der Waals surface area contributed by atoms with E-state index in [1.54, 1.807) is 20.8 Å². The molecule has 1 aliphatic rings. The molecule has 11 heteroatoms. The Morgan fingerprint density at radius 1 is 1.33 bits per heavy atom. The first kappa shape index (κ1) is 23.2. The zero-order valence-electron chi connectivity index (χ0n) is 17.9. The number of aromatic nitrogens is 4. The lowest BCUT2D eigenvalue weighted by Gasteiger charge is -2.44. The van der Waals surface area contributed by atoms with Crippen molar-refractivity contribution in [1.29, 1.82) is 0 Å². The van der Waals surface area contributed by atoms with Crippen LogP contribution in [0.2, 0.25) is 5.15 Å². The van der Waals surface area contributed by atoms with E-state index in [0.29, 0.717) is 11.2 Å². The summed E-state index contributed by atoms with van der Waals surface area (Å²) in [4.78, 5) is 12.2. The third-order valence-electron chi connectivity index (χ3n) is 4.61. The quantitative estimate of drug-likeness (QED) is 0.511. The van der Waals surface area contributed by atoms with Gasteiger partial charge < -0.3 is 24.1 Å². The fourth-order valence-electron chi connectivity index (χ4n) is 3.44. The largest absolute Gasteiger partial charge is 0.366 e. The van der Waals surface area contributed by atoms with Crippen molar-refractivity contribution >= 4 is 22.8 Å². The fraction of sp³-hybridized carbons (Fsp3) is 0.737. The number of alkyl halides is 1. The molecular weight excluding hydrogens is 419 g/mol. The lowest BCUT2D eigenvalue weighted by Crippen LogP contribution is -2.56. The second-order valence-corrected chi connectivity index (χ2v) is 8.65. The van der Waals surface area contributed by atoms with Gasteiger partial charge in [-0.25, -0.2) is 19.3 Å². The van der Waals surface area contributed by atoms with Crippen molar-refractivity contribution in [2.45, 2.75) is 83.8 Å². The summed E-state index contributed by atoms with van der Waals surface area (Å²) in [5, 5.41) is 10.2. The average Bonchev–Trinajstić information content (AvgIpc) is 3.03. The number of aliphatic hydroxyl groups is 1. The van der Waals surface area contributed by atoms with Crippen LogP contribution in [0.4, 0.5) is 4.39 Å². The molecule has 2 aromatic heterocycles. The molecule has 1 N–H and O–H groups in total. The summed E-state index contributed by atoms with van der Waals surface area (Å²) in [5.41, 5.74) is 0.695. The zero-order chi connectivity index (χ0) is 22.3. The van der Waals surface area contributed by atoms with Crippen LogP contribution in [0.25, 0.3) is 11.2 Å². The summed E-state index contributed by atoms with van der Waals surface area (Å²) in [6, 6.07) is 0. The molecule has 1 aliphatic heterocycles. The second-order valence-electron chi connectivity index (χ2n) is 8.29. The number of rotatable bonds is 7. The van der Waals surface area contributed by atoms with Crippen LogP contribution in [0.3, 0.4) is 0 Å². The van der Waals surface area contributed by atoms with E-state index in [-0.39, 0.29) is 11.8 Å². The molecule has 5 atom stereocenters. The molecule has 0 radical (unpaired) electrons. The van der Waals surface area contributed by atoms with Crippen LogP contribution in [0.15, 0.2) is 12.7 Å². The maximum absolute atomic E-state index is 14.7. The second kappa shape index (κ2) is 8.60. The van der Waals surface area contributed by atoms with E-state index in [1.807, 2.05) is 0 Å². The van der Waals surface area contributed by atoms with Crippen LogP contribution in [0, 0.1) is 0 Å². The van der Waals surface area contributed by atoms with E-state index in [4.69, 9.17) is 30.5 Å². The Morgan fingerprint density at radius 2 is 2.03 bits per heavy atom. The van der Waals surface area contributed by atoms with Crippen LogP contribution >= 0.6 is 11.6 Å². The Kier molecular flexibility index (Phi) is 6.66. The van der Waals surface area contributed by atoms with E-state index in [0.717, 1.165) is 0 Å². The Hall–Kier alpha value is -1.43. The Balaban J connectivity index is 1.89. The molecular formula is C19H28ClFN4O5. The highest BCUT2D eigenvalue weighted by atomic mass is 35.5. The summed E-state index contributed by atoms with van der Waals surface area (Å²) in [7, 11) is 0. The van der Waals surface area contributed by atoms with Gasteiger partial charge in [0.15, 0.2) is 28.6 Å². The van der Waals surface area contributed by atoms with Crippen LogP contribution in [-0.4, -0.2) is 67.3 Å². The van der Waals surface area contributed by atoms with E-state index in [1.165, 1.54) is 38.0 Å². The topological polar surface area (TPSA) is 101 Å². The molecule has 3 heterocycles. The van der Waals surface area contributed by atoms with Crippen LogP contribution in [0.1, 0.15) is 47.8 Å². The van der Waals surface area contributed by atoms with Crippen molar-refractivity contribution in [3.63, 3.8) is 0 Å². The lowest BCUT2D eigenvalue weighted by atomic mass is 10.1. The maximum atomic E-state index is 14.7. The van der Waals surface area contributed by atoms with Gasteiger partial charge in [0.05, 0.1) is 19.0 Å². The van der Waals surface area contributed by atoms with Gasteiger partial charge in [0.1, 0.15) is 30.2 Å². The molecule has 1 fully saturated rings.